The third-order valence-corrected chi connectivity index (χ3v) is 8.52. The fourth-order valence-electron chi connectivity index (χ4n) is 5.15. The monoisotopic (exact) mass is 466 g/mol. The fraction of sp³-hybridized carbons (Fsp3) is 0.542. The van der Waals surface area contributed by atoms with E-state index in [-0.39, 0.29) is 0 Å². The van der Waals surface area contributed by atoms with Gasteiger partial charge in [0, 0.05) is 50.4 Å². The van der Waals surface area contributed by atoms with Gasteiger partial charge in [-0.3, -0.25) is 4.21 Å². The second-order valence-electron chi connectivity index (χ2n) is 9.38. The molecule has 2 N–H and O–H groups in total. The molecule has 0 amide bonds. The number of nitrogens with zero attached hydrogens (tertiary/aromatic N) is 4. The van der Waals surface area contributed by atoms with E-state index in [0.29, 0.717) is 17.7 Å². The van der Waals surface area contributed by atoms with Crippen LogP contribution in [-0.4, -0.2) is 62.2 Å². The predicted octanol–water partition coefficient (Wildman–Crippen LogP) is 3.30. The maximum absolute atomic E-state index is 12.7. The number of ether oxygens (including phenoxy) is 1. The summed E-state index contributed by atoms with van der Waals surface area (Å²) < 4.78 is 18.1. The molecule has 3 aliphatic heterocycles. The van der Waals surface area contributed by atoms with E-state index in [2.05, 4.69) is 40.3 Å². The maximum atomic E-state index is 12.7. The smallest absolute Gasteiger partial charge is 0.227 e. The summed E-state index contributed by atoms with van der Waals surface area (Å²) >= 11 is 0. The molecule has 0 spiro atoms. The average Bonchev–Trinajstić information content (AvgIpc) is 3.43. The molecule has 1 unspecified atom stereocenters. The van der Waals surface area contributed by atoms with E-state index >= 15 is 0 Å². The first-order chi connectivity index (χ1) is 16.1. The number of anilines is 2. The number of hydrogen-bond donors (Lipinski definition) is 2. The number of imidazole rings is 1. The van der Waals surface area contributed by atoms with Gasteiger partial charge >= 0.3 is 0 Å². The molecule has 3 aliphatic rings. The third kappa shape index (κ3) is 4.12. The van der Waals surface area contributed by atoms with Gasteiger partial charge in [0.05, 0.1) is 27.5 Å². The van der Waals surface area contributed by atoms with Crippen LogP contribution in [0.25, 0.3) is 11.0 Å². The van der Waals surface area contributed by atoms with Gasteiger partial charge in [0.15, 0.2) is 0 Å². The van der Waals surface area contributed by atoms with E-state index in [1.807, 2.05) is 0 Å². The highest BCUT2D eigenvalue weighted by Gasteiger charge is 2.30. The van der Waals surface area contributed by atoms with Crippen molar-refractivity contribution in [3.8, 4) is 0 Å². The Morgan fingerprint density at radius 2 is 1.94 bits per heavy atom. The Labute approximate surface area is 196 Å². The lowest BCUT2D eigenvalue weighted by atomic mass is 9.96. The van der Waals surface area contributed by atoms with Gasteiger partial charge in [0.25, 0.3) is 0 Å². The minimum absolute atomic E-state index is 0.311. The fourth-order valence-corrected chi connectivity index (χ4v) is 6.46. The summed E-state index contributed by atoms with van der Waals surface area (Å²) in [7, 11) is -1.02. The molecule has 2 fully saturated rings. The Morgan fingerprint density at radius 1 is 1.12 bits per heavy atom. The molecule has 0 saturated carbocycles. The summed E-state index contributed by atoms with van der Waals surface area (Å²) in [6.45, 7) is 5.40. The maximum Gasteiger partial charge on any atom is 0.227 e. The van der Waals surface area contributed by atoms with Gasteiger partial charge < -0.3 is 19.9 Å². The topological polar surface area (TPSA) is 96.0 Å². The highest BCUT2D eigenvalue weighted by atomic mass is 32.2. The van der Waals surface area contributed by atoms with Crippen molar-refractivity contribution >= 4 is 33.6 Å². The molecule has 6 rings (SSSR count). The minimum Gasteiger partial charge on any atom is -0.381 e. The van der Waals surface area contributed by atoms with E-state index in [1.54, 1.807) is 0 Å². The number of benzene rings is 1. The Morgan fingerprint density at radius 3 is 2.76 bits per heavy atom. The number of hydrogen-bond acceptors (Lipinski definition) is 7. The molecule has 0 aliphatic carbocycles. The van der Waals surface area contributed by atoms with Gasteiger partial charge in [-0.15, -0.1) is 0 Å². The SMILES string of the molecule is Cc1ccc2nc(C3CCN(c4nc5c(c(NC6CCOCC6)n4)S(=O)CC5)CC3)[nH]c2c1. The summed E-state index contributed by atoms with van der Waals surface area (Å²) in [5, 5.41) is 3.58. The largest absolute Gasteiger partial charge is 0.381 e. The van der Waals surface area contributed by atoms with Crippen molar-refractivity contribution in [2.24, 2.45) is 0 Å². The Bertz CT molecular complexity index is 1200. The zero-order valence-electron chi connectivity index (χ0n) is 19.0. The van der Waals surface area contributed by atoms with Crippen LogP contribution in [0.2, 0.25) is 0 Å². The molecule has 1 atom stereocenters. The van der Waals surface area contributed by atoms with Crippen molar-refractivity contribution < 1.29 is 8.95 Å². The number of aryl methyl sites for hydroxylation is 2. The van der Waals surface area contributed by atoms with Gasteiger partial charge in [-0.25, -0.2) is 9.97 Å². The molecule has 2 saturated heterocycles. The number of aromatic amines is 1. The first-order valence-electron chi connectivity index (χ1n) is 12.0. The molecule has 5 heterocycles. The third-order valence-electron chi connectivity index (χ3n) is 7.06. The van der Waals surface area contributed by atoms with Crippen molar-refractivity contribution in [2.45, 2.75) is 55.9 Å². The molecule has 1 aromatic carbocycles. The molecular weight excluding hydrogens is 436 g/mol. The lowest BCUT2D eigenvalue weighted by Crippen LogP contribution is -2.35. The van der Waals surface area contributed by atoms with Crippen molar-refractivity contribution in [2.75, 3.05) is 42.3 Å². The summed E-state index contributed by atoms with van der Waals surface area (Å²) in [6.07, 6.45) is 4.67. The lowest BCUT2D eigenvalue weighted by molar-refractivity contribution is 0.0903. The van der Waals surface area contributed by atoms with Gasteiger partial charge in [-0.2, -0.15) is 4.98 Å². The van der Waals surface area contributed by atoms with Crippen LogP contribution in [0.1, 0.15) is 48.7 Å². The molecule has 0 bridgehead atoms. The summed E-state index contributed by atoms with van der Waals surface area (Å²) in [6, 6.07) is 6.68. The van der Waals surface area contributed by atoms with E-state index in [4.69, 9.17) is 19.7 Å². The number of fused-ring (bicyclic) bond motifs is 2. The molecule has 0 radical (unpaired) electrons. The average molecular weight is 467 g/mol. The Hall–Kier alpha value is -2.52. The molecular formula is C24H30N6O2S. The van der Waals surface area contributed by atoms with Crippen LogP contribution < -0.4 is 10.2 Å². The van der Waals surface area contributed by atoms with Gasteiger partial charge in [-0.1, -0.05) is 6.07 Å². The van der Waals surface area contributed by atoms with Gasteiger partial charge in [0.2, 0.25) is 5.95 Å². The predicted molar refractivity (Wildman–Crippen MR) is 129 cm³/mol. The van der Waals surface area contributed by atoms with E-state index in [1.165, 1.54) is 5.56 Å². The van der Waals surface area contributed by atoms with E-state index in [9.17, 15) is 4.21 Å². The summed E-state index contributed by atoms with van der Waals surface area (Å²) in [5.41, 5.74) is 4.35. The highest BCUT2D eigenvalue weighted by molar-refractivity contribution is 7.85. The standard InChI is InChI=1S/C24H30N6O2S/c1-15-2-3-18-20(14-15)27-22(26-18)16-4-9-30(10-5-16)24-28-19-8-13-33(31)21(19)23(29-24)25-17-6-11-32-12-7-17/h2-3,14,16-17H,4-13H2,1H3,(H,26,27)(H,25,28,29). The second kappa shape index (κ2) is 8.68. The van der Waals surface area contributed by atoms with Gasteiger partial charge in [-0.05, 0) is 50.3 Å². The Balaban J connectivity index is 1.20. The molecule has 174 valence electrons. The van der Waals surface area contributed by atoms with E-state index < -0.39 is 10.8 Å². The van der Waals surface area contributed by atoms with Crippen LogP contribution in [0, 0.1) is 6.92 Å². The number of aromatic nitrogens is 4. The highest BCUT2D eigenvalue weighted by Crippen LogP contribution is 2.34. The summed E-state index contributed by atoms with van der Waals surface area (Å²) in [5.74, 6) is 3.68. The number of rotatable bonds is 4. The Kier molecular flexibility index (Phi) is 5.54. The van der Waals surface area contributed by atoms with Crippen LogP contribution in [0.4, 0.5) is 11.8 Å². The first kappa shape index (κ1) is 21.0. The van der Waals surface area contributed by atoms with Crippen LogP contribution in [-0.2, 0) is 22.0 Å². The quantitative estimate of drug-likeness (QED) is 0.609. The summed E-state index contributed by atoms with van der Waals surface area (Å²) in [4.78, 5) is 21.2. The number of H-pyrrole nitrogens is 1. The molecule has 9 heteroatoms. The minimum atomic E-state index is -1.02. The van der Waals surface area contributed by atoms with Gasteiger partial charge in [0.1, 0.15) is 16.5 Å². The normalized spacial score (nSPS) is 22.1. The number of piperidine rings is 1. The van der Waals surface area contributed by atoms with Crippen LogP contribution in [0.5, 0.6) is 0 Å². The zero-order chi connectivity index (χ0) is 22.4. The molecule has 8 nitrogen and oxygen atoms in total. The van der Waals surface area contributed by atoms with Crippen molar-refractivity contribution in [3.63, 3.8) is 0 Å². The molecule has 33 heavy (non-hydrogen) atoms. The van der Waals surface area contributed by atoms with Crippen LogP contribution in [0.15, 0.2) is 23.1 Å². The zero-order valence-corrected chi connectivity index (χ0v) is 19.8. The lowest BCUT2D eigenvalue weighted by Gasteiger charge is -2.32. The second-order valence-corrected chi connectivity index (χ2v) is 10.9. The molecule has 3 aromatic rings. The number of nitrogens with one attached hydrogen (secondary N) is 2. The molecule has 2 aromatic heterocycles. The van der Waals surface area contributed by atoms with Crippen LogP contribution >= 0.6 is 0 Å². The van der Waals surface area contributed by atoms with Crippen molar-refractivity contribution in [1.82, 2.24) is 19.9 Å². The van der Waals surface area contributed by atoms with Crippen molar-refractivity contribution in [3.05, 3.63) is 35.3 Å². The first-order valence-corrected chi connectivity index (χ1v) is 13.3. The van der Waals surface area contributed by atoms with Crippen molar-refractivity contribution in [1.29, 1.82) is 0 Å². The van der Waals surface area contributed by atoms with E-state index in [0.717, 1.165) is 97.6 Å². The van der Waals surface area contributed by atoms with Crippen LogP contribution in [0.3, 0.4) is 0 Å².